The third kappa shape index (κ3) is 2.25. The van der Waals surface area contributed by atoms with E-state index in [0.717, 1.165) is 35.4 Å². The lowest BCUT2D eigenvalue weighted by Crippen LogP contribution is -2.30. The molecule has 4 rings (SSSR count). The van der Waals surface area contributed by atoms with Crippen LogP contribution in [0.15, 0.2) is 42.7 Å². The molecule has 1 fully saturated rings. The Labute approximate surface area is 131 Å². The van der Waals surface area contributed by atoms with Crippen molar-refractivity contribution >= 4 is 27.6 Å². The number of pyridine rings is 2. The van der Waals surface area contributed by atoms with Crippen LogP contribution in [0.2, 0.25) is 0 Å². The van der Waals surface area contributed by atoms with Gasteiger partial charge in [0.1, 0.15) is 10.3 Å². The number of carbonyl (C=O) groups excluding carboxylic acids is 1. The molecule has 3 aromatic heterocycles. The fraction of sp³-hybridized carbons (Fsp3) is 0.250. The van der Waals surface area contributed by atoms with Gasteiger partial charge in [-0.1, -0.05) is 17.4 Å². The Bertz CT molecular complexity index is 784. The summed E-state index contributed by atoms with van der Waals surface area (Å²) in [5, 5.41) is 0.511. The van der Waals surface area contributed by atoms with E-state index in [4.69, 9.17) is 0 Å². The summed E-state index contributed by atoms with van der Waals surface area (Å²) in [5.74, 6) is -0.0175. The smallest absolute Gasteiger partial charge is 0.283 e. The van der Waals surface area contributed by atoms with Crippen molar-refractivity contribution in [2.45, 2.75) is 18.9 Å². The van der Waals surface area contributed by atoms with Crippen LogP contribution in [0.4, 0.5) is 0 Å². The fourth-order valence-electron chi connectivity index (χ4n) is 2.87. The molecule has 0 N–H and O–H groups in total. The normalized spacial score (nSPS) is 18.0. The van der Waals surface area contributed by atoms with Crippen LogP contribution in [0, 0.1) is 0 Å². The van der Waals surface area contributed by atoms with Crippen LogP contribution >= 0.6 is 11.3 Å². The molecule has 22 heavy (non-hydrogen) atoms. The summed E-state index contributed by atoms with van der Waals surface area (Å²) in [7, 11) is 0. The van der Waals surface area contributed by atoms with Crippen LogP contribution < -0.4 is 0 Å². The summed E-state index contributed by atoms with van der Waals surface area (Å²) in [5.41, 5.74) is 1.73. The minimum absolute atomic E-state index is 0.0175. The Balaban J connectivity index is 1.66. The lowest BCUT2D eigenvalue weighted by molar-refractivity contribution is 0.0733. The Morgan fingerprint density at radius 2 is 2.09 bits per heavy atom. The van der Waals surface area contributed by atoms with E-state index in [1.54, 1.807) is 12.4 Å². The van der Waals surface area contributed by atoms with Gasteiger partial charge in [0.15, 0.2) is 5.01 Å². The highest BCUT2D eigenvalue weighted by molar-refractivity contribution is 7.19. The molecule has 1 unspecified atom stereocenters. The highest BCUT2D eigenvalue weighted by atomic mass is 32.1. The molecule has 5 nitrogen and oxygen atoms in total. The largest absolute Gasteiger partial charge is 0.328 e. The summed E-state index contributed by atoms with van der Waals surface area (Å²) < 4.78 is 0. The number of amides is 1. The molecule has 0 aliphatic carbocycles. The first-order chi connectivity index (χ1) is 10.8. The average molecular weight is 310 g/mol. The molecule has 1 amide bonds. The van der Waals surface area contributed by atoms with E-state index in [1.165, 1.54) is 11.3 Å². The number of carbonyl (C=O) groups is 1. The van der Waals surface area contributed by atoms with Crippen molar-refractivity contribution in [1.29, 1.82) is 0 Å². The van der Waals surface area contributed by atoms with E-state index in [0.29, 0.717) is 5.01 Å². The van der Waals surface area contributed by atoms with Gasteiger partial charge in [-0.25, -0.2) is 9.97 Å². The Hall–Kier alpha value is -2.34. The van der Waals surface area contributed by atoms with Crippen molar-refractivity contribution in [3.05, 3.63) is 53.4 Å². The molecule has 0 saturated carbocycles. The number of thiazole rings is 1. The molecule has 0 radical (unpaired) electrons. The van der Waals surface area contributed by atoms with Crippen molar-refractivity contribution in [2.75, 3.05) is 6.54 Å². The maximum atomic E-state index is 12.8. The zero-order chi connectivity index (χ0) is 14.9. The molecular weight excluding hydrogens is 296 g/mol. The monoisotopic (exact) mass is 310 g/mol. The lowest BCUT2D eigenvalue weighted by Gasteiger charge is -2.23. The summed E-state index contributed by atoms with van der Waals surface area (Å²) >= 11 is 1.36. The highest BCUT2D eigenvalue weighted by Crippen LogP contribution is 2.33. The average Bonchev–Trinajstić information content (AvgIpc) is 3.21. The molecule has 1 atom stereocenters. The van der Waals surface area contributed by atoms with E-state index in [9.17, 15) is 4.79 Å². The van der Waals surface area contributed by atoms with E-state index in [2.05, 4.69) is 15.0 Å². The second-order valence-electron chi connectivity index (χ2n) is 5.26. The molecule has 4 heterocycles. The van der Waals surface area contributed by atoms with Gasteiger partial charge in [-0.3, -0.25) is 9.78 Å². The number of aromatic nitrogens is 3. The van der Waals surface area contributed by atoms with Crippen molar-refractivity contribution in [3.8, 4) is 0 Å². The van der Waals surface area contributed by atoms with E-state index in [-0.39, 0.29) is 11.9 Å². The van der Waals surface area contributed by atoms with Crippen molar-refractivity contribution < 1.29 is 4.79 Å². The van der Waals surface area contributed by atoms with E-state index < -0.39 is 0 Å². The van der Waals surface area contributed by atoms with Gasteiger partial charge >= 0.3 is 0 Å². The Kier molecular flexibility index (Phi) is 3.31. The quantitative estimate of drug-likeness (QED) is 0.730. The first kappa shape index (κ1) is 13.3. The summed E-state index contributed by atoms with van der Waals surface area (Å²) in [6, 6.07) is 9.61. The second-order valence-corrected chi connectivity index (χ2v) is 6.24. The van der Waals surface area contributed by atoms with Crippen molar-refractivity contribution in [3.63, 3.8) is 0 Å². The van der Waals surface area contributed by atoms with Crippen LogP contribution in [0.5, 0.6) is 0 Å². The van der Waals surface area contributed by atoms with Crippen LogP contribution in [0.3, 0.4) is 0 Å². The Morgan fingerprint density at radius 1 is 1.18 bits per heavy atom. The minimum atomic E-state index is -0.0175. The van der Waals surface area contributed by atoms with Gasteiger partial charge in [0.05, 0.1) is 11.7 Å². The van der Waals surface area contributed by atoms with E-state index in [1.807, 2.05) is 35.2 Å². The van der Waals surface area contributed by atoms with Gasteiger partial charge in [0.25, 0.3) is 5.91 Å². The van der Waals surface area contributed by atoms with Crippen LogP contribution in [0.1, 0.15) is 34.4 Å². The number of hydrogen-bond acceptors (Lipinski definition) is 5. The molecule has 110 valence electrons. The summed E-state index contributed by atoms with van der Waals surface area (Å²) in [6.07, 6.45) is 5.45. The number of likely N-dealkylation sites (tertiary alicyclic amines) is 1. The highest BCUT2D eigenvalue weighted by Gasteiger charge is 2.32. The van der Waals surface area contributed by atoms with E-state index >= 15 is 0 Å². The molecule has 1 aliphatic heterocycles. The SMILES string of the molecule is O=C(c1nc2cccnc2s1)N1CCCC1c1ccccn1. The summed E-state index contributed by atoms with van der Waals surface area (Å²) in [4.78, 5) is 28.6. The number of hydrogen-bond donors (Lipinski definition) is 0. The Morgan fingerprint density at radius 3 is 2.91 bits per heavy atom. The first-order valence-electron chi connectivity index (χ1n) is 7.26. The number of nitrogens with zero attached hydrogens (tertiary/aromatic N) is 4. The fourth-order valence-corrected chi connectivity index (χ4v) is 3.74. The molecular formula is C16H14N4OS. The maximum absolute atomic E-state index is 12.8. The molecule has 6 heteroatoms. The van der Waals surface area contributed by atoms with Crippen LogP contribution in [-0.2, 0) is 0 Å². The molecule has 0 aromatic carbocycles. The zero-order valence-corrected chi connectivity index (χ0v) is 12.7. The van der Waals surface area contributed by atoms with Gasteiger partial charge in [-0.05, 0) is 37.1 Å². The lowest BCUT2D eigenvalue weighted by atomic mass is 10.1. The third-order valence-corrected chi connectivity index (χ3v) is 4.86. The van der Waals surface area contributed by atoms with Crippen molar-refractivity contribution in [1.82, 2.24) is 19.9 Å². The van der Waals surface area contributed by atoms with Gasteiger partial charge in [0.2, 0.25) is 0 Å². The van der Waals surface area contributed by atoms with Crippen LogP contribution in [0.25, 0.3) is 10.3 Å². The zero-order valence-electron chi connectivity index (χ0n) is 11.8. The van der Waals surface area contributed by atoms with Crippen LogP contribution in [-0.4, -0.2) is 32.3 Å². The van der Waals surface area contributed by atoms with Gasteiger partial charge in [-0.15, -0.1) is 0 Å². The minimum Gasteiger partial charge on any atom is -0.328 e. The molecule has 1 saturated heterocycles. The van der Waals surface area contributed by atoms with Gasteiger partial charge in [-0.2, -0.15) is 0 Å². The number of fused-ring (bicyclic) bond motifs is 1. The van der Waals surface area contributed by atoms with Crippen molar-refractivity contribution in [2.24, 2.45) is 0 Å². The topological polar surface area (TPSA) is 59.0 Å². The predicted octanol–water partition coefficient (Wildman–Crippen LogP) is 3.06. The molecule has 3 aromatic rings. The predicted molar refractivity (Wildman–Crippen MR) is 84.7 cm³/mol. The molecule has 0 spiro atoms. The van der Waals surface area contributed by atoms with Gasteiger partial charge < -0.3 is 4.90 Å². The second kappa shape index (κ2) is 5.46. The summed E-state index contributed by atoms with van der Waals surface area (Å²) in [6.45, 7) is 0.753. The molecule has 0 bridgehead atoms. The van der Waals surface area contributed by atoms with Gasteiger partial charge in [0, 0.05) is 18.9 Å². The first-order valence-corrected chi connectivity index (χ1v) is 8.08. The maximum Gasteiger partial charge on any atom is 0.283 e. The standard InChI is InChI=1S/C16H14N4OS/c21-16(15-19-12-6-3-9-18-14(12)22-15)20-10-4-7-13(20)11-5-1-2-8-17-11/h1-3,5-6,8-9,13H,4,7,10H2. The third-order valence-electron chi connectivity index (χ3n) is 3.89. The number of rotatable bonds is 2. The molecule has 1 aliphatic rings.